The zero-order chi connectivity index (χ0) is 14.5. The van der Waals surface area contributed by atoms with E-state index in [4.69, 9.17) is 0 Å². The van der Waals surface area contributed by atoms with Gasteiger partial charge in [-0.15, -0.1) is 36.2 Å². The summed E-state index contributed by atoms with van der Waals surface area (Å²) in [5.41, 5.74) is 1.66. The van der Waals surface area contributed by atoms with Crippen LogP contribution in [0.15, 0.2) is 29.8 Å². The van der Waals surface area contributed by atoms with Crippen LogP contribution in [0.1, 0.15) is 18.5 Å². The van der Waals surface area contributed by atoms with Crippen molar-refractivity contribution in [2.75, 3.05) is 13.1 Å². The van der Waals surface area contributed by atoms with Gasteiger partial charge in [-0.05, 0) is 31.5 Å². The summed E-state index contributed by atoms with van der Waals surface area (Å²) in [5.74, 6) is 0.0431. The molecule has 2 N–H and O–H groups in total. The van der Waals surface area contributed by atoms with Gasteiger partial charge in [0, 0.05) is 24.2 Å². The lowest BCUT2D eigenvalue weighted by atomic mass is 10.1. The van der Waals surface area contributed by atoms with Gasteiger partial charge in [-0.25, -0.2) is 4.98 Å². The van der Waals surface area contributed by atoms with E-state index in [1.165, 1.54) is 11.3 Å². The minimum absolute atomic E-state index is 0. The highest BCUT2D eigenvalue weighted by Gasteiger charge is 2.16. The van der Waals surface area contributed by atoms with Crippen molar-refractivity contribution < 1.29 is 4.79 Å². The Hall–Kier alpha value is -1.21. The highest BCUT2D eigenvalue weighted by Crippen LogP contribution is 2.21. The van der Waals surface area contributed by atoms with Crippen LogP contribution in [-0.2, 0) is 11.2 Å². The number of aromatic nitrogens is 2. The Balaban J connectivity index is 0.00000132. The largest absolute Gasteiger partial charge is 0.352 e. The monoisotopic (exact) mass is 374 g/mol. The second-order valence-electron chi connectivity index (χ2n) is 5.15. The Morgan fingerprint density at radius 2 is 2.26 bits per heavy atom. The number of amides is 1. The summed E-state index contributed by atoms with van der Waals surface area (Å²) in [4.78, 5) is 20.8. The molecule has 0 unspecified atom stereocenters. The zero-order valence-corrected chi connectivity index (χ0v) is 15.0. The fourth-order valence-corrected chi connectivity index (χ4v) is 3.21. The maximum Gasteiger partial charge on any atom is 0.226 e. The minimum atomic E-state index is 0. The van der Waals surface area contributed by atoms with Crippen molar-refractivity contribution in [3.05, 3.63) is 35.5 Å². The predicted octanol–water partition coefficient (Wildman–Crippen LogP) is 2.46. The third-order valence-electron chi connectivity index (χ3n) is 3.44. The number of halogens is 2. The molecule has 1 amide bonds. The molecule has 0 bridgehead atoms. The summed E-state index contributed by atoms with van der Waals surface area (Å²) in [6.45, 7) is 1.91. The molecule has 1 atom stereocenters. The van der Waals surface area contributed by atoms with Crippen LogP contribution in [0.3, 0.4) is 0 Å². The van der Waals surface area contributed by atoms with Crippen molar-refractivity contribution in [2.45, 2.75) is 25.3 Å². The second kappa shape index (κ2) is 9.82. The first-order valence-corrected chi connectivity index (χ1v) is 8.05. The Labute approximate surface area is 152 Å². The molecule has 0 aliphatic carbocycles. The minimum Gasteiger partial charge on any atom is -0.352 e. The number of hydrogen-bond donors (Lipinski definition) is 2. The molecule has 1 fully saturated rings. The van der Waals surface area contributed by atoms with Crippen molar-refractivity contribution in [1.29, 1.82) is 0 Å². The van der Waals surface area contributed by atoms with Crippen molar-refractivity contribution in [1.82, 2.24) is 20.6 Å². The highest BCUT2D eigenvalue weighted by atomic mass is 35.5. The number of carbonyl (C=O) groups excluding carboxylic acids is 1. The molecule has 2 aromatic heterocycles. The van der Waals surface area contributed by atoms with Crippen LogP contribution in [0.25, 0.3) is 10.7 Å². The van der Waals surface area contributed by atoms with Gasteiger partial charge in [-0.2, -0.15) is 0 Å². The van der Waals surface area contributed by atoms with E-state index in [1.807, 2.05) is 23.6 Å². The molecule has 3 heterocycles. The summed E-state index contributed by atoms with van der Waals surface area (Å²) in [6, 6.07) is 5.99. The van der Waals surface area contributed by atoms with Crippen LogP contribution in [0.5, 0.6) is 0 Å². The lowest BCUT2D eigenvalue weighted by Gasteiger charge is -2.23. The maximum absolute atomic E-state index is 12.0. The standard InChI is InChI=1S/C15H18N4OS.2ClH/c20-14(18-11-4-3-6-16-9-11)8-12-10-21-15(19-12)13-5-1-2-7-17-13;;/h1-2,5,7,10-11,16H,3-4,6,8-9H2,(H,18,20);2*1H/t11-;;/m0../s1. The summed E-state index contributed by atoms with van der Waals surface area (Å²) in [7, 11) is 0. The van der Waals surface area contributed by atoms with Gasteiger partial charge in [0.25, 0.3) is 0 Å². The third-order valence-corrected chi connectivity index (χ3v) is 4.35. The van der Waals surface area contributed by atoms with Gasteiger partial charge in [0.15, 0.2) is 0 Å². The number of rotatable bonds is 4. The molecule has 0 spiro atoms. The molecule has 0 radical (unpaired) electrons. The Bertz CT molecular complexity index is 603. The van der Waals surface area contributed by atoms with E-state index in [-0.39, 0.29) is 36.8 Å². The second-order valence-corrected chi connectivity index (χ2v) is 6.00. The lowest BCUT2D eigenvalue weighted by Crippen LogP contribution is -2.46. The van der Waals surface area contributed by atoms with Crippen molar-refractivity contribution in [3.8, 4) is 10.7 Å². The molecule has 5 nitrogen and oxygen atoms in total. The van der Waals surface area contributed by atoms with Gasteiger partial charge in [0.05, 0.1) is 17.8 Å². The average Bonchev–Trinajstić information content (AvgIpc) is 2.97. The van der Waals surface area contributed by atoms with Crippen molar-refractivity contribution in [3.63, 3.8) is 0 Å². The smallest absolute Gasteiger partial charge is 0.226 e. The fourth-order valence-electron chi connectivity index (χ4n) is 2.41. The molecule has 3 rings (SSSR count). The van der Waals surface area contributed by atoms with Crippen LogP contribution in [0.2, 0.25) is 0 Å². The van der Waals surface area contributed by atoms with Gasteiger partial charge < -0.3 is 10.6 Å². The molecule has 1 aliphatic heterocycles. The van der Waals surface area contributed by atoms with Crippen LogP contribution in [-0.4, -0.2) is 35.0 Å². The quantitative estimate of drug-likeness (QED) is 0.862. The van der Waals surface area contributed by atoms with Crippen LogP contribution in [0.4, 0.5) is 0 Å². The molecular weight excluding hydrogens is 355 g/mol. The van der Waals surface area contributed by atoms with Crippen LogP contribution < -0.4 is 10.6 Å². The van der Waals surface area contributed by atoms with E-state index in [0.29, 0.717) is 6.42 Å². The fraction of sp³-hybridized carbons (Fsp3) is 0.400. The van der Waals surface area contributed by atoms with E-state index in [2.05, 4.69) is 20.6 Å². The van der Waals surface area contributed by atoms with Crippen molar-refractivity contribution >= 4 is 42.1 Å². The maximum atomic E-state index is 12.0. The number of hydrogen-bond acceptors (Lipinski definition) is 5. The van der Waals surface area contributed by atoms with Crippen LogP contribution in [0, 0.1) is 0 Å². The van der Waals surface area contributed by atoms with Gasteiger partial charge >= 0.3 is 0 Å². The molecule has 8 heteroatoms. The number of piperidine rings is 1. The number of nitrogens with zero attached hydrogens (tertiary/aromatic N) is 2. The van der Waals surface area contributed by atoms with Gasteiger partial charge in [0.2, 0.25) is 5.91 Å². The molecule has 0 saturated carbocycles. The number of carbonyl (C=O) groups is 1. The first-order valence-electron chi connectivity index (χ1n) is 7.17. The molecule has 0 aromatic carbocycles. The summed E-state index contributed by atoms with van der Waals surface area (Å²) in [6.07, 6.45) is 4.25. The Morgan fingerprint density at radius 1 is 1.39 bits per heavy atom. The van der Waals surface area contributed by atoms with E-state index < -0.39 is 0 Å². The Morgan fingerprint density at radius 3 is 2.96 bits per heavy atom. The average molecular weight is 375 g/mol. The first kappa shape index (κ1) is 19.8. The molecule has 1 aliphatic rings. The lowest BCUT2D eigenvalue weighted by molar-refractivity contribution is -0.121. The van der Waals surface area contributed by atoms with Crippen LogP contribution >= 0.6 is 36.2 Å². The normalized spacial score (nSPS) is 16.8. The number of pyridine rings is 1. The zero-order valence-electron chi connectivity index (χ0n) is 12.5. The van der Waals surface area contributed by atoms with Gasteiger partial charge in [-0.3, -0.25) is 9.78 Å². The van der Waals surface area contributed by atoms with Gasteiger partial charge in [0.1, 0.15) is 5.01 Å². The number of nitrogens with one attached hydrogen (secondary N) is 2. The summed E-state index contributed by atoms with van der Waals surface area (Å²) in [5, 5.41) is 9.15. The van der Waals surface area contributed by atoms with E-state index >= 15 is 0 Å². The van der Waals surface area contributed by atoms with E-state index in [1.54, 1.807) is 6.20 Å². The van der Waals surface area contributed by atoms with E-state index in [9.17, 15) is 4.79 Å². The first-order chi connectivity index (χ1) is 10.3. The molecule has 1 saturated heterocycles. The third kappa shape index (κ3) is 5.73. The van der Waals surface area contributed by atoms with Gasteiger partial charge in [-0.1, -0.05) is 6.07 Å². The Kier molecular flexibility index (Phi) is 8.47. The molecule has 23 heavy (non-hydrogen) atoms. The SMILES string of the molecule is Cl.Cl.O=C(Cc1csc(-c2ccccn2)n1)N[C@H]1CCCNC1. The highest BCUT2D eigenvalue weighted by molar-refractivity contribution is 7.13. The molecular formula is C15H20Cl2N4OS. The molecule has 126 valence electrons. The number of thiazole rings is 1. The predicted molar refractivity (Wildman–Crippen MR) is 97.6 cm³/mol. The topological polar surface area (TPSA) is 66.9 Å². The van der Waals surface area contributed by atoms with E-state index in [0.717, 1.165) is 42.3 Å². The summed E-state index contributed by atoms with van der Waals surface area (Å²) < 4.78 is 0. The van der Waals surface area contributed by atoms with Crippen molar-refractivity contribution in [2.24, 2.45) is 0 Å². The summed E-state index contributed by atoms with van der Waals surface area (Å²) >= 11 is 1.52. The molecule has 2 aromatic rings.